The standard InChI is InChI=1S/C33H37N5O4/c1-22-6-2-3-7-26(22)23-13-18-37(19-14-23)29-12-11-25(31(40)34-15-5-17-38-16-4-8-30(38)39)20-27(29)35-32(41)28-21-42-33(36-28)24-9-10-24/h2-3,6-7,11-13,20-21,24H,4-5,8-10,14-19H2,1H3,(H,34,40)(H,35,41). The Bertz CT molecular complexity index is 1520. The van der Waals surface area contributed by atoms with Gasteiger partial charge in [-0.1, -0.05) is 30.3 Å². The number of anilines is 2. The molecule has 1 saturated heterocycles. The minimum atomic E-state index is -0.368. The van der Waals surface area contributed by atoms with E-state index < -0.39 is 0 Å². The van der Waals surface area contributed by atoms with Crippen LogP contribution in [0.25, 0.3) is 5.57 Å². The Kier molecular flexibility index (Phi) is 8.08. The summed E-state index contributed by atoms with van der Waals surface area (Å²) in [6.45, 7) is 5.50. The van der Waals surface area contributed by atoms with Crippen molar-refractivity contribution in [2.75, 3.05) is 42.9 Å². The van der Waals surface area contributed by atoms with Gasteiger partial charge in [0.05, 0.1) is 11.4 Å². The van der Waals surface area contributed by atoms with Gasteiger partial charge in [-0.2, -0.15) is 0 Å². The number of aromatic nitrogens is 1. The van der Waals surface area contributed by atoms with E-state index in [2.05, 4.69) is 57.8 Å². The van der Waals surface area contributed by atoms with E-state index >= 15 is 0 Å². The van der Waals surface area contributed by atoms with Gasteiger partial charge in [0, 0.05) is 50.6 Å². The maximum absolute atomic E-state index is 13.2. The summed E-state index contributed by atoms with van der Waals surface area (Å²) in [5.41, 5.74) is 5.93. The largest absolute Gasteiger partial charge is 0.448 e. The Labute approximate surface area is 246 Å². The van der Waals surface area contributed by atoms with E-state index in [9.17, 15) is 14.4 Å². The summed E-state index contributed by atoms with van der Waals surface area (Å²) >= 11 is 0. The lowest BCUT2D eigenvalue weighted by Gasteiger charge is -2.31. The molecular weight excluding hydrogens is 530 g/mol. The van der Waals surface area contributed by atoms with Crippen molar-refractivity contribution in [1.29, 1.82) is 0 Å². The van der Waals surface area contributed by atoms with E-state index in [4.69, 9.17) is 4.42 Å². The van der Waals surface area contributed by atoms with Crippen LogP contribution < -0.4 is 15.5 Å². The number of likely N-dealkylation sites (tertiary alicyclic amines) is 1. The van der Waals surface area contributed by atoms with Crippen molar-refractivity contribution in [3.63, 3.8) is 0 Å². The Morgan fingerprint density at radius 3 is 2.67 bits per heavy atom. The molecule has 1 aliphatic carbocycles. The number of amides is 3. The minimum absolute atomic E-state index is 0.187. The van der Waals surface area contributed by atoms with Crippen molar-refractivity contribution in [3.8, 4) is 0 Å². The second-order valence-electron chi connectivity index (χ2n) is 11.4. The Morgan fingerprint density at radius 2 is 1.93 bits per heavy atom. The number of hydrogen-bond acceptors (Lipinski definition) is 6. The van der Waals surface area contributed by atoms with Crippen LogP contribution in [0.2, 0.25) is 0 Å². The zero-order chi connectivity index (χ0) is 29.1. The van der Waals surface area contributed by atoms with E-state index in [0.29, 0.717) is 55.5 Å². The van der Waals surface area contributed by atoms with Crippen molar-refractivity contribution >= 4 is 34.7 Å². The summed E-state index contributed by atoms with van der Waals surface area (Å²) in [6, 6.07) is 13.8. The van der Waals surface area contributed by atoms with Crippen molar-refractivity contribution in [2.45, 2.75) is 51.4 Å². The number of aryl methyl sites for hydroxylation is 1. The second kappa shape index (κ2) is 12.2. The third kappa shape index (κ3) is 6.25. The summed E-state index contributed by atoms with van der Waals surface area (Å²) in [5.74, 6) is 0.511. The predicted molar refractivity (Wildman–Crippen MR) is 162 cm³/mol. The van der Waals surface area contributed by atoms with Crippen LogP contribution in [0.3, 0.4) is 0 Å². The Morgan fingerprint density at radius 1 is 1.07 bits per heavy atom. The molecule has 2 N–H and O–H groups in total. The van der Waals surface area contributed by atoms with Gasteiger partial charge in [-0.05, 0) is 73.9 Å². The molecule has 3 heterocycles. The lowest BCUT2D eigenvalue weighted by Crippen LogP contribution is -2.31. The number of benzene rings is 2. The lowest BCUT2D eigenvalue weighted by atomic mass is 9.95. The normalized spacial score (nSPS) is 16.9. The molecule has 0 atom stereocenters. The average molecular weight is 568 g/mol. The van der Waals surface area contributed by atoms with E-state index in [-0.39, 0.29) is 23.4 Å². The first kappa shape index (κ1) is 27.8. The van der Waals surface area contributed by atoms with Gasteiger partial charge >= 0.3 is 0 Å². The van der Waals surface area contributed by atoms with Crippen molar-refractivity contribution in [2.24, 2.45) is 0 Å². The first-order chi connectivity index (χ1) is 20.5. The van der Waals surface area contributed by atoms with Gasteiger partial charge < -0.3 is 24.9 Å². The van der Waals surface area contributed by atoms with Crippen molar-refractivity contribution in [3.05, 3.63) is 83.1 Å². The highest BCUT2D eigenvalue weighted by molar-refractivity contribution is 6.06. The Hall–Kier alpha value is -4.40. The fourth-order valence-corrected chi connectivity index (χ4v) is 5.73. The summed E-state index contributed by atoms with van der Waals surface area (Å²) in [5, 5.41) is 5.97. The number of nitrogens with one attached hydrogen (secondary N) is 2. The van der Waals surface area contributed by atoms with Gasteiger partial charge in [0.15, 0.2) is 11.6 Å². The van der Waals surface area contributed by atoms with Gasteiger partial charge in [0.25, 0.3) is 11.8 Å². The molecule has 2 aromatic carbocycles. The van der Waals surface area contributed by atoms with Gasteiger partial charge in [-0.15, -0.1) is 0 Å². The van der Waals surface area contributed by atoms with E-state index in [0.717, 1.165) is 44.5 Å². The zero-order valence-corrected chi connectivity index (χ0v) is 24.0. The number of oxazole rings is 1. The maximum atomic E-state index is 13.2. The molecule has 3 amide bonds. The predicted octanol–water partition coefficient (Wildman–Crippen LogP) is 5.15. The summed E-state index contributed by atoms with van der Waals surface area (Å²) in [6.07, 6.45) is 8.79. The van der Waals surface area contributed by atoms with Gasteiger partial charge in [0.1, 0.15) is 6.26 Å². The molecule has 1 saturated carbocycles. The third-order valence-corrected chi connectivity index (χ3v) is 8.29. The highest BCUT2D eigenvalue weighted by atomic mass is 16.3. The molecule has 2 fully saturated rings. The molecule has 0 bridgehead atoms. The van der Waals surface area contributed by atoms with Crippen LogP contribution in [0.1, 0.15) is 82.3 Å². The van der Waals surface area contributed by atoms with Gasteiger partial charge in [-0.3, -0.25) is 14.4 Å². The second-order valence-corrected chi connectivity index (χ2v) is 11.4. The molecule has 3 aromatic rings. The summed E-state index contributed by atoms with van der Waals surface area (Å²) in [4.78, 5) is 46.6. The van der Waals surface area contributed by atoms with Crippen LogP contribution in [0.15, 0.2) is 59.2 Å². The highest BCUT2D eigenvalue weighted by Gasteiger charge is 2.30. The number of carbonyl (C=O) groups excluding carboxylic acids is 3. The number of carbonyl (C=O) groups is 3. The molecule has 218 valence electrons. The van der Waals surface area contributed by atoms with E-state index in [1.54, 1.807) is 12.1 Å². The van der Waals surface area contributed by atoms with Crippen LogP contribution in [-0.4, -0.2) is 60.3 Å². The molecule has 42 heavy (non-hydrogen) atoms. The molecule has 9 heteroatoms. The quantitative estimate of drug-likeness (QED) is 0.328. The highest BCUT2D eigenvalue weighted by Crippen LogP contribution is 2.39. The van der Waals surface area contributed by atoms with E-state index in [1.807, 2.05) is 11.0 Å². The third-order valence-electron chi connectivity index (χ3n) is 8.29. The SMILES string of the molecule is Cc1ccccc1C1=CCN(c2ccc(C(=O)NCCCN3CCCC3=O)cc2NC(=O)c2coc(C3CC3)n2)CC1. The molecule has 6 rings (SSSR count). The average Bonchev–Trinajstić information content (AvgIpc) is 3.59. The molecule has 0 radical (unpaired) electrons. The van der Waals surface area contributed by atoms with Crippen molar-refractivity contribution in [1.82, 2.24) is 15.2 Å². The monoisotopic (exact) mass is 567 g/mol. The number of nitrogens with zero attached hydrogens (tertiary/aromatic N) is 3. The zero-order valence-electron chi connectivity index (χ0n) is 24.0. The molecule has 0 unspecified atom stereocenters. The van der Waals surface area contributed by atoms with Gasteiger partial charge in [-0.25, -0.2) is 4.98 Å². The molecule has 1 aromatic heterocycles. The number of hydrogen-bond donors (Lipinski definition) is 2. The van der Waals surface area contributed by atoms with Crippen molar-refractivity contribution < 1.29 is 18.8 Å². The molecule has 0 spiro atoms. The fraction of sp³-hybridized carbons (Fsp3) is 0.394. The van der Waals surface area contributed by atoms with Crippen LogP contribution in [0, 0.1) is 6.92 Å². The van der Waals surface area contributed by atoms with Crippen LogP contribution in [0.4, 0.5) is 11.4 Å². The lowest BCUT2D eigenvalue weighted by molar-refractivity contribution is -0.127. The molecular formula is C33H37N5O4. The summed E-state index contributed by atoms with van der Waals surface area (Å²) < 4.78 is 5.54. The Balaban J connectivity index is 1.18. The molecule has 3 aliphatic rings. The van der Waals surface area contributed by atoms with Crippen LogP contribution >= 0.6 is 0 Å². The first-order valence-corrected chi connectivity index (χ1v) is 14.9. The smallest absolute Gasteiger partial charge is 0.277 e. The maximum Gasteiger partial charge on any atom is 0.277 e. The van der Waals surface area contributed by atoms with Crippen LogP contribution in [0.5, 0.6) is 0 Å². The fourth-order valence-electron chi connectivity index (χ4n) is 5.73. The molecule has 9 nitrogen and oxygen atoms in total. The van der Waals surface area contributed by atoms with E-state index in [1.165, 1.54) is 23.0 Å². The topological polar surface area (TPSA) is 108 Å². The first-order valence-electron chi connectivity index (χ1n) is 14.9. The summed E-state index contributed by atoms with van der Waals surface area (Å²) in [7, 11) is 0. The van der Waals surface area contributed by atoms with Gasteiger partial charge in [0.2, 0.25) is 5.91 Å². The molecule has 2 aliphatic heterocycles. The minimum Gasteiger partial charge on any atom is -0.448 e. The number of rotatable bonds is 10. The van der Waals surface area contributed by atoms with Crippen LogP contribution in [-0.2, 0) is 4.79 Å².